The van der Waals surface area contributed by atoms with Gasteiger partial charge >= 0.3 is 0 Å². The average molecular weight is 1680 g/mol. The highest BCUT2D eigenvalue weighted by Crippen LogP contribution is 2.50. The summed E-state index contributed by atoms with van der Waals surface area (Å²) in [5.74, 6) is 6.28. The molecule has 0 fully saturated rings. The van der Waals surface area contributed by atoms with E-state index >= 15 is 0 Å². The fourth-order valence-corrected chi connectivity index (χ4v) is 16.3. The van der Waals surface area contributed by atoms with Crippen LogP contribution >= 0.6 is 0 Å². The van der Waals surface area contributed by atoms with Crippen LogP contribution in [-0.2, 0) is 40.0 Å². The lowest BCUT2D eigenvalue weighted by atomic mass is 9.74. The Hall–Kier alpha value is -9.11. The smallest absolute Gasteiger partial charge is 0.151 e. The summed E-state index contributed by atoms with van der Waals surface area (Å²) in [7, 11) is 0. The van der Waals surface area contributed by atoms with Gasteiger partial charge in [-0.3, -0.25) is 0 Å². The molecule has 0 amide bonds. The largest absolute Gasteiger partial charge is 0.453 e. The maximum absolute atomic E-state index is 8.58. The van der Waals surface area contributed by atoms with Gasteiger partial charge in [-0.2, -0.15) is 5.26 Å². The van der Waals surface area contributed by atoms with Crippen molar-refractivity contribution in [2.45, 2.75) is 375 Å². The fraction of sp³-hybridized carbons (Fsp3) is 0.487. The van der Waals surface area contributed by atoms with Crippen molar-refractivity contribution in [3.8, 4) is 17.6 Å². The number of nitriles is 1. The third kappa shape index (κ3) is 32.4. The van der Waals surface area contributed by atoms with Crippen LogP contribution in [0, 0.1) is 23.2 Å². The third-order valence-electron chi connectivity index (χ3n) is 21.2. The number of rotatable bonds is 11. The van der Waals surface area contributed by atoms with Crippen molar-refractivity contribution < 1.29 is 4.74 Å². The number of nitrogens with zero attached hydrogens (tertiary/aromatic N) is 4. The SMILES string of the molecule is C.C.C.C.C.C.C.CC(C)(C)N(c1ccccc1)c1ccccc1.CC(C)(C)N1c2ccccc2Oc2ccccc21.CC(C)(C)c1ccc(C#N)cc1.CC(C)(C)n1c2ccccc2c2ccccc21.CC(C)Cc1cccc(CC(C)C)c1C(C)(C)C.CC(C)c1cc(C(C)C)c(C(C)(C)C)c(C(C)C)c1.CC(C)c1cccc(C(C)C)c1C(C)(C)C. The molecule has 0 N–H and O–H groups in total. The molecular weight excluding hydrogens is 1500 g/mol. The molecule has 2 heterocycles. The van der Waals surface area contributed by atoms with Gasteiger partial charge in [0.1, 0.15) is 0 Å². The minimum absolute atomic E-state index is 0. The maximum atomic E-state index is 8.58. The van der Waals surface area contributed by atoms with Crippen LogP contribution in [-0.4, -0.2) is 15.6 Å². The molecule has 11 aromatic rings. The van der Waals surface area contributed by atoms with E-state index in [0.29, 0.717) is 29.6 Å². The zero-order valence-corrected chi connectivity index (χ0v) is 79.6. The third-order valence-corrected chi connectivity index (χ3v) is 21.2. The summed E-state index contributed by atoms with van der Waals surface area (Å²) in [5, 5.41) is 11.3. The van der Waals surface area contributed by atoms with Crippen LogP contribution in [0.3, 0.4) is 0 Å². The molecule has 0 aliphatic carbocycles. The highest BCUT2D eigenvalue weighted by Gasteiger charge is 2.33. The average Bonchev–Trinajstić information content (AvgIpc) is 1.52. The predicted molar refractivity (Wildman–Crippen MR) is 564 cm³/mol. The number of aromatic nitrogens is 1. The second-order valence-corrected chi connectivity index (χ2v) is 41.8. The maximum Gasteiger partial charge on any atom is 0.151 e. The highest BCUT2D eigenvalue weighted by molar-refractivity contribution is 6.08. The van der Waals surface area contributed by atoms with Crippen molar-refractivity contribution in [1.29, 1.82) is 5.26 Å². The monoisotopic (exact) mass is 1680 g/mol. The first-order chi connectivity index (χ1) is 54.3. The minimum atomic E-state index is 0. The van der Waals surface area contributed by atoms with Gasteiger partial charge in [0.25, 0.3) is 0 Å². The van der Waals surface area contributed by atoms with E-state index in [1.54, 1.807) is 38.9 Å². The second kappa shape index (κ2) is 49.7. The highest BCUT2D eigenvalue weighted by atomic mass is 16.5. The van der Waals surface area contributed by atoms with Crippen molar-refractivity contribution in [1.82, 2.24) is 4.57 Å². The van der Waals surface area contributed by atoms with Crippen molar-refractivity contribution in [3.63, 3.8) is 0 Å². The number of benzene rings is 10. The van der Waals surface area contributed by atoms with Gasteiger partial charge in [-0.25, -0.2) is 0 Å². The van der Waals surface area contributed by atoms with E-state index in [-0.39, 0.29) is 90.3 Å². The van der Waals surface area contributed by atoms with Crippen molar-refractivity contribution in [2.24, 2.45) is 11.8 Å². The zero-order valence-electron chi connectivity index (χ0n) is 79.6. The molecule has 5 nitrogen and oxygen atoms in total. The van der Waals surface area contributed by atoms with Crippen LogP contribution in [0.5, 0.6) is 11.5 Å². The molecule has 0 bridgehead atoms. The lowest BCUT2D eigenvalue weighted by Crippen LogP contribution is -2.39. The lowest BCUT2D eigenvalue weighted by molar-refractivity contribution is 0.423. The van der Waals surface area contributed by atoms with Gasteiger partial charge in [0.15, 0.2) is 11.5 Å². The van der Waals surface area contributed by atoms with Gasteiger partial charge in [0.2, 0.25) is 0 Å². The molecule has 12 rings (SSSR count). The van der Waals surface area contributed by atoms with Gasteiger partial charge in [-0.1, -0.05) is 390 Å². The molecule has 0 unspecified atom stereocenters. The van der Waals surface area contributed by atoms with Crippen LogP contribution in [0.1, 0.15) is 391 Å². The van der Waals surface area contributed by atoms with Crippen LogP contribution in [0.2, 0.25) is 0 Å². The Labute approximate surface area is 765 Å². The molecule has 10 aromatic carbocycles. The Morgan fingerprint density at radius 2 is 0.645 bits per heavy atom. The number of para-hydroxylation sites is 8. The quantitative estimate of drug-likeness (QED) is 0.129. The molecule has 0 saturated heterocycles. The first-order valence-corrected chi connectivity index (χ1v) is 43.8. The first kappa shape index (κ1) is 117. The zero-order chi connectivity index (χ0) is 87.7. The summed E-state index contributed by atoms with van der Waals surface area (Å²) in [4.78, 5) is 4.69. The summed E-state index contributed by atoms with van der Waals surface area (Å²) in [5.41, 5.74) is 25.8. The Balaban J connectivity index is 0. The van der Waals surface area contributed by atoms with E-state index < -0.39 is 0 Å². The Bertz CT molecular complexity index is 4700. The van der Waals surface area contributed by atoms with Crippen LogP contribution in [0.15, 0.2) is 231 Å². The van der Waals surface area contributed by atoms with Gasteiger partial charge in [0, 0.05) is 49.8 Å². The molecule has 0 atom stereocenters. The summed E-state index contributed by atoms with van der Waals surface area (Å²) in [6, 6.07) is 83.1. The number of anilines is 4. The van der Waals surface area contributed by atoms with E-state index in [2.05, 4.69) is 445 Å². The molecule has 0 spiro atoms. The van der Waals surface area contributed by atoms with Crippen molar-refractivity contribution in [2.75, 3.05) is 9.80 Å². The molecule has 684 valence electrons. The van der Waals surface area contributed by atoms with Gasteiger partial charge in [-0.15, -0.1) is 0 Å². The molecule has 1 aliphatic heterocycles. The summed E-state index contributed by atoms with van der Waals surface area (Å²) in [6.07, 6.45) is 2.39. The van der Waals surface area contributed by atoms with Gasteiger partial charge in [0.05, 0.1) is 23.0 Å². The second-order valence-electron chi connectivity index (χ2n) is 41.8. The number of hydrogen-bond acceptors (Lipinski definition) is 4. The van der Waals surface area contributed by atoms with E-state index in [4.69, 9.17) is 10.00 Å². The van der Waals surface area contributed by atoms with E-state index in [9.17, 15) is 0 Å². The van der Waals surface area contributed by atoms with Crippen LogP contribution < -0.4 is 14.5 Å². The molecule has 5 heteroatoms. The number of fused-ring (bicyclic) bond motifs is 5. The molecule has 1 aliphatic rings. The number of ether oxygens (including phenoxy) is 1. The molecule has 1 aromatic heterocycles. The lowest BCUT2D eigenvalue weighted by Gasteiger charge is -2.41. The fourth-order valence-electron chi connectivity index (χ4n) is 16.3. The molecule has 0 radical (unpaired) electrons. The van der Waals surface area contributed by atoms with Crippen molar-refractivity contribution >= 4 is 44.6 Å². The van der Waals surface area contributed by atoms with Crippen LogP contribution in [0.4, 0.5) is 22.7 Å². The van der Waals surface area contributed by atoms with Gasteiger partial charge < -0.3 is 19.1 Å². The van der Waals surface area contributed by atoms with E-state index in [0.717, 1.165) is 40.3 Å². The molecular formula is C119H182N4O. The Kier molecular flexibility index (Phi) is 46.9. The first-order valence-electron chi connectivity index (χ1n) is 43.8. The van der Waals surface area contributed by atoms with E-state index in [1.807, 2.05) is 48.5 Å². The Morgan fingerprint density at radius 1 is 0.323 bits per heavy atom. The number of hydrogen-bond donors (Lipinski definition) is 0. The summed E-state index contributed by atoms with van der Waals surface area (Å²) < 4.78 is 8.39. The van der Waals surface area contributed by atoms with Gasteiger partial charge in [-0.05, 0) is 272 Å². The Morgan fingerprint density at radius 3 is 0.944 bits per heavy atom. The predicted octanol–water partition coefficient (Wildman–Crippen LogP) is 38.2. The normalized spacial score (nSPS) is 11.7. The summed E-state index contributed by atoms with van der Waals surface area (Å²) >= 11 is 0. The standard InChI is InChI=1S/C19H32.C18H30.C16H17NO.C16H17N.C16H19N.C16H26.C11H13N.7CH4/c1-12(2)15-10-16(13(3)4)18(19(7,8)9)17(11-15)14(5)6;1-13(2)11-15-9-8-10-16(12-14(3)4)17(15)18(5,6)7;1-16(2,3)17-12-8-4-6-10-14(12)18-15-11-7-5-9-13(15)17;1-16(2,3)17-14-10-6-4-8-12(14)13-9-5-7-11-15(13)17;1-16(2,3)17(14-10-6-4-7-11-14)15-12-8-5-9-13-15;1-11(2)13-9-8-10-14(12(3)4)15(13)16(5,6)7;1-11(2,3)10-6-4-9(8-12)5-7-10;;;;;;;/h10-14H,1-9H3;8-10,13-14H,11-12H2,1-7H3;4-11H,1-3H3;4-11H,1-3H3;4-13H,1-3H3;8-12H,1-7H3;4-7H,1-3H3;7*1H4. The minimum Gasteiger partial charge on any atom is -0.453 e. The van der Waals surface area contributed by atoms with Crippen molar-refractivity contribution in [3.05, 3.63) is 297 Å². The molecule has 0 saturated carbocycles. The summed E-state index contributed by atoms with van der Waals surface area (Å²) in [6.45, 7) is 79.8. The topological polar surface area (TPSA) is 44.4 Å². The van der Waals surface area contributed by atoms with Crippen LogP contribution in [0.25, 0.3) is 21.8 Å². The van der Waals surface area contributed by atoms with E-state index in [1.165, 1.54) is 68.3 Å². The molecule has 124 heavy (non-hydrogen) atoms.